The van der Waals surface area contributed by atoms with Crippen LogP contribution >= 0.6 is 15.9 Å². The number of hydrogen-bond acceptors (Lipinski definition) is 2. The van der Waals surface area contributed by atoms with Crippen LogP contribution in [0.25, 0.3) is 0 Å². The topological polar surface area (TPSA) is 32.3 Å². The van der Waals surface area contributed by atoms with Crippen molar-refractivity contribution >= 4 is 21.8 Å². The van der Waals surface area contributed by atoms with Gasteiger partial charge in [-0.25, -0.2) is 0 Å². The van der Waals surface area contributed by atoms with Crippen LogP contribution in [-0.4, -0.2) is 41.3 Å². The molecule has 2 fully saturated rings. The Hall–Kier alpha value is -0.0900. The van der Waals surface area contributed by atoms with E-state index in [1.807, 2.05) is 0 Å². The third-order valence-corrected chi connectivity index (χ3v) is 4.96. The normalized spacial score (nSPS) is 34.8. The molecule has 1 aliphatic carbocycles. The van der Waals surface area contributed by atoms with Crippen molar-refractivity contribution < 1.29 is 4.79 Å². The molecule has 0 radical (unpaired) electrons. The molecule has 2 rings (SSSR count). The molecular formula is C13H23BrN2O. The number of amides is 1. The Morgan fingerprint density at radius 3 is 2.71 bits per heavy atom. The third kappa shape index (κ3) is 3.95. The van der Waals surface area contributed by atoms with Gasteiger partial charge in [0.25, 0.3) is 0 Å². The van der Waals surface area contributed by atoms with E-state index in [9.17, 15) is 4.79 Å². The number of carbonyl (C=O) groups excluding carboxylic acids is 1. The molecule has 1 heterocycles. The minimum atomic E-state index is 0.205. The summed E-state index contributed by atoms with van der Waals surface area (Å²) < 4.78 is 0. The summed E-state index contributed by atoms with van der Waals surface area (Å²) >= 11 is 3.71. The standard InChI is InChI=1S/C13H23BrN2O/c1-10-4-5-12(11(14)8-10)15-13(17)9-16-6-2-3-7-16/h10-12H,2-9H2,1H3,(H,15,17). The van der Waals surface area contributed by atoms with E-state index in [1.54, 1.807) is 0 Å². The van der Waals surface area contributed by atoms with E-state index in [2.05, 4.69) is 33.1 Å². The summed E-state index contributed by atoms with van der Waals surface area (Å²) in [6.45, 7) is 5.06. The fourth-order valence-corrected chi connectivity index (χ4v) is 3.90. The molecular weight excluding hydrogens is 280 g/mol. The van der Waals surface area contributed by atoms with Gasteiger partial charge in [0.05, 0.1) is 6.54 Å². The van der Waals surface area contributed by atoms with Gasteiger partial charge in [-0.15, -0.1) is 0 Å². The molecule has 1 saturated carbocycles. The molecule has 1 N–H and O–H groups in total. The predicted octanol–water partition coefficient (Wildman–Crippen LogP) is 2.15. The summed E-state index contributed by atoms with van der Waals surface area (Å²) in [7, 11) is 0. The smallest absolute Gasteiger partial charge is 0.234 e. The number of alkyl halides is 1. The van der Waals surface area contributed by atoms with E-state index in [1.165, 1.54) is 25.7 Å². The highest BCUT2D eigenvalue weighted by Gasteiger charge is 2.28. The summed E-state index contributed by atoms with van der Waals surface area (Å²) in [5.41, 5.74) is 0. The van der Waals surface area contributed by atoms with Crippen LogP contribution in [0.3, 0.4) is 0 Å². The third-order valence-electron chi connectivity index (χ3n) is 3.95. The highest BCUT2D eigenvalue weighted by atomic mass is 79.9. The van der Waals surface area contributed by atoms with E-state index < -0.39 is 0 Å². The van der Waals surface area contributed by atoms with E-state index in [0.29, 0.717) is 17.4 Å². The lowest BCUT2D eigenvalue weighted by molar-refractivity contribution is -0.122. The molecule has 0 aromatic carbocycles. The van der Waals surface area contributed by atoms with Crippen molar-refractivity contribution in [3.8, 4) is 0 Å². The van der Waals surface area contributed by atoms with Gasteiger partial charge in [0.15, 0.2) is 0 Å². The Labute approximate surface area is 112 Å². The van der Waals surface area contributed by atoms with Gasteiger partial charge in [-0.1, -0.05) is 22.9 Å². The van der Waals surface area contributed by atoms with Crippen molar-refractivity contribution in [2.24, 2.45) is 5.92 Å². The van der Waals surface area contributed by atoms with Gasteiger partial charge in [0.1, 0.15) is 0 Å². The molecule has 4 heteroatoms. The number of carbonyl (C=O) groups is 1. The molecule has 3 unspecified atom stereocenters. The Morgan fingerprint density at radius 2 is 2.06 bits per heavy atom. The fraction of sp³-hybridized carbons (Fsp3) is 0.923. The molecule has 98 valence electrons. The molecule has 0 spiro atoms. The summed E-state index contributed by atoms with van der Waals surface area (Å²) in [5.74, 6) is 0.988. The van der Waals surface area contributed by atoms with Crippen LogP contribution in [0.1, 0.15) is 39.0 Å². The summed E-state index contributed by atoms with van der Waals surface area (Å²) in [5, 5.41) is 3.19. The van der Waals surface area contributed by atoms with Gasteiger partial charge in [0, 0.05) is 10.9 Å². The van der Waals surface area contributed by atoms with Gasteiger partial charge >= 0.3 is 0 Å². The number of nitrogens with one attached hydrogen (secondary N) is 1. The zero-order valence-corrected chi connectivity index (χ0v) is 12.2. The second-order valence-electron chi connectivity index (χ2n) is 5.59. The molecule has 1 aliphatic heterocycles. The molecule has 3 nitrogen and oxygen atoms in total. The van der Waals surface area contributed by atoms with Crippen LogP contribution in [0.4, 0.5) is 0 Å². The average Bonchev–Trinajstić information content (AvgIpc) is 2.75. The lowest BCUT2D eigenvalue weighted by Gasteiger charge is -2.32. The summed E-state index contributed by atoms with van der Waals surface area (Å²) in [6, 6.07) is 0.335. The van der Waals surface area contributed by atoms with Crippen LogP contribution in [0, 0.1) is 5.92 Å². The minimum absolute atomic E-state index is 0.205. The largest absolute Gasteiger partial charge is 0.351 e. The fourth-order valence-electron chi connectivity index (χ4n) is 2.87. The van der Waals surface area contributed by atoms with E-state index in [-0.39, 0.29) is 5.91 Å². The predicted molar refractivity (Wildman–Crippen MR) is 73.3 cm³/mol. The maximum absolute atomic E-state index is 11.9. The van der Waals surface area contributed by atoms with E-state index in [4.69, 9.17) is 0 Å². The zero-order valence-electron chi connectivity index (χ0n) is 10.6. The first-order chi connectivity index (χ1) is 8.15. The van der Waals surface area contributed by atoms with E-state index in [0.717, 1.165) is 25.4 Å². The summed E-state index contributed by atoms with van der Waals surface area (Å²) in [6.07, 6.45) is 6.01. The SMILES string of the molecule is CC1CCC(NC(=O)CN2CCCC2)C(Br)C1. The van der Waals surface area contributed by atoms with Crippen molar-refractivity contribution in [2.75, 3.05) is 19.6 Å². The minimum Gasteiger partial charge on any atom is -0.351 e. The van der Waals surface area contributed by atoms with Gasteiger partial charge in [0.2, 0.25) is 5.91 Å². The van der Waals surface area contributed by atoms with Crippen molar-refractivity contribution in [1.82, 2.24) is 10.2 Å². The molecule has 1 amide bonds. The molecule has 0 bridgehead atoms. The monoisotopic (exact) mass is 302 g/mol. The van der Waals surface area contributed by atoms with Gasteiger partial charge in [-0.05, 0) is 51.1 Å². The van der Waals surface area contributed by atoms with Crippen LogP contribution < -0.4 is 5.32 Å². The number of rotatable bonds is 3. The van der Waals surface area contributed by atoms with E-state index >= 15 is 0 Å². The van der Waals surface area contributed by atoms with Crippen molar-refractivity contribution in [1.29, 1.82) is 0 Å². The second-order valence-corrected chi connectivity index (χ2v) is 6.77. The number of hydrogen-bond donors (Lipinski definition) is 1. The Kier molecular flexibility index (Phi) is 4.86. The first-order valence-electron chi connectivity index (χ1n) is 6.81. The second kappa shape index (κ2) is 6.19. The Bertz CT molecular complexity index is 266. The molecule has 0 aromatic heterocycles. The lowest BCUT2D eigenvalue weighted by atomic mass is 9.87. The average molecular weight is 303 g/mol. The first-order valence-corrected chi connectivity index (χ1v) is 7.72. The lowest BCUT2D eigenvalue weighted by Crippen LogP contribution is -2.47. The van der Waals surface area contributed by atoms with Crippen LogP contribution in [0.5, 0.6) is 0 Å². The van der Waals surface area contributed by atoms with Gasteiger partial charge in [-0.2, -0.15) is 0 Å². The maximum atomic E-state index is 11.9. The molecule has 1 saturated heterocycles. The van der Waals surface area contributed by atoms with Crippen molar-refractivity contribution in [3.63, 3.8) is 0 Å². The van der Waals surface area contributed by atoms with Gasteiger partial charge in [-0.3, -0.25) is 9.69 Å². The van der Waals surface area contributed by atoms with Crippen LogP contribution in [0.15, 0.2) is 0 Å². The number of likely N-dealkylation sites (tertiary alicyclic amines) is 1. The van der Waals surface area contributed by atoms with Crippen LogP contribution in [0.2, 0.25) is 0 Å². The summed E-state index contributed by atoms with van der Waals surface area (Å²) in [4.78, 5) is 14.6. The molecule has 0 aromatic rings. The van der Waals surface area contributed by atoms with Crippen molar-refractivity contribution in [2.45, 2.75) is 49.9 Å². The number of nitrogens with zero attached hydrogens (tertiary/aromatic N) is 1. The quantitative estimate of drug-likeness (QED) is 0.810. The molecule has 3 atom stereocenters. The number of halogens is 1. The first kappa shape index (κ1) is 13.3. The zero-order chi connectivity index (χ0) is 12.3. The van der Waals surface area contributed by atoms with Gasteiger partial charge < -0.3 is 5.32 Å². The maximum Gasteiger partial charge on any atom is 0.234 e. The van der Waals surface area contributed by atoms with Crippen molar-refractivity contribution in [3.05, 3.63) is 0 Å². The highest BCUT2D eigenvalue weighted by Crippen LogP contribution is 2.28. The molecule has 2 aliphatic rings. The Morgan fingerprint density at radius 1 is 1.35 bits per heavy atom. The highest BCUT2D eigenvalue weighted by molar-refractivity contribution is 9.09. The molecule has 17 heavy (non-hydrogen) atoms. The van der Waals surface area contributed by atoms with Crippen LogP contribution in [-0.2, 0) is 4.79 Å². The Balaban J connectivity index is 1.73.